The predicted molar refractivity (Wildman–Crippen MR) is 132 cm³/mol. The van der Waals surface area contributed by atoms with E-state index in [2.05, 4.69) is 81.4 Å². The molecule has 0 heterocycles. The Balaban J connectivity index is 2.11. The van der Waals surface area contributed by atoms with Gasteiger partial charge in [0.2, 0.25) is 0 Å². The van der Waals surface area contributed by atoms with Gasteiger partial charge < -0.3 is 8.85 Å². The number of rotatable bonds is 16. The van der Waals surface area contributed by atoms with Gasteiger partial charge in [0.05, 0.1) is 0 Å². The highest BCUT2D eigenvalue weighted by Crippen LogP contribution is 2.15. The topological polar surface area (TPSA) is 18.5 Å². The summed E-state index contributed by atoms with van der Waals surface area (Å²) in [7, 11) is -2.71. The third kappa shape index (κ3) is 8.01. The van der Waals surface area contributed by atoms with Crippen molar-refractivity contribution in [2.24, 2.45) is 5.92 Å². The van der Waals surface area contributed by atoms with Crippen LogP contribution in [0.4, 0.5) is 0 Å². The molecule has 0 fully saturated rings. The Morgan fingerprint density at radius 3 is 1.70 bits per heavy atom. The molecule has 0 spiro atoms. The normalized spacial score (nSPS) is 12.8. The zero-order valence-corrected chi connectivity index (χ0v) is 20.4. The SMILES string of the molecule is CCCCCCCCCO[Si](OCCC(C)CC)(c1ccccc1)c1ccccc1. The van der Waals surface area contributed by atoms with Crippen LogP contribution in [0.25, 0.3) is 0 Å². The lowest BCUT2D eigenvalue weighted by Crippen LogP contribution is -2.63. The van der Waals surface area contributed by atoms with Crippen LogP contribution in [0.3, 0.4) is 0 Å². The first-order valence-electron chi connectivity index (χ1n) is 12.1. The molecule has 0 bridgehead atoms. The lowest BCUT2D eigenvalue weighted by atomic mass is 10.1. The average Bonchev–Trinajstić information content (AvgIpc) is 2.80. The zero-order valence-electron chi connectivity index (χ0n) is 19.4. The standard InChI is InChI=1S/C27H42O2Si/c1-4-6-7-8-9-10-17-23-28-30(26-18-13-11-14-19-26,27-20-15-12-16-21-27)29-24-22-25(3)5-2/h11-16,18-21,25H,4-10,17,22-24H2,1-3H3. The molecule has 0 amide bonds. The Morgan fingerprint density at radius 2 is 1.17 bits per heavy atom. The molecule has 0 saturated heterocycles. The van der Waals surface area contributed by atoms with Crippen LogP contribution in [0.15, 0.2) is 60.7 Å². The van der Waals surface area contributed by atoms with Crippen molar-refractivity contribution in [1.29, 1.82) is 0 Å². The van der Waals surface area contributed by atoms with Gasteiger partial charge in [-0.1, -0.05) is 126 Å². The first-order valence-corrected chi connectivity index (χ1v) is 13.9. The molecule has 0 aliphatic heterocycles. The largest absolute Gasteiger partial charge is 0.407 e. The third-order valence-electron chi connectivity index (χ3n) is 5.97. The highest BCUT2D eigenvalue weighted by atomic mass is 28.4. The molecule has 2 nitrogen and oxygen atoms in total. The van der Waals surface area contributed by atoms with E-state index in [1.165, 1.54) is 55.3 Å². The predicted octanol–water partition coefficient (Wildman–Crippen LogP) is 6.46. The summed E-state index contributed by atoms with van der Waals surface area (Å²) >= 11 is 0. The smallest absolute Gasteiger partial charge is 0.388 e. The van der Waals surface area contributed by atoms with Crippen LogP contribution in [-0.2, 0) is 8.85 Å². The van der Waals surface area contributed by atoms with Crippen LogP contribution in [-0.4, -0.2) is 21.8 Å². The maximum atomic E-state index is 6.76. The van der Waals surface area contributed by atoms with Gasteiger partial charge in [-0.3, -0.25) is 0 Å². The fraction of sp³-hybridized carbons (Fsp3) is 0.556. The fourth-order valence-corrected chi connectivity index (χ4v) is 6.92. The molecule has 3 heteroatoms. The minimum absolute atomic E-state index is 0.673. The minimum Gasteiger partial charge on any atom is -0.388 e. The van der Waals surface area contributed by atoms with Crippen molar-refractivity contribution in [2.45, 2.75) is 78.6 Å². The molecule has 166 valence electrons. The van der Waals surface area contributed by atoms with Gasteiger partial charge in [-0.05, 0) is 29.1 Å². The van der Waals surface area contributed by atoms with Crippen molar-refractivity contribution >= 4 is 18.9 Å². The van der Waals surface area contributed by atoms with Gasteiger partial charge in [-0.25, -0.2) is 0 Å². The summed E-state index contributed by atoms with van der Waals surface area (Å²) in [5.41, 5.74) is 0. The molecule has 0 aromatic heterocycles. The van der Waals surface area contributed by atoms with Crippen LogP contribution < -0.4 is 10.4 Å². The first kappa shape index (κ1) is 24.8. The van der Waals surface area contributed by atoms with Crippen LogP contribution in [0.5, 0.6) is 0 Å². The van der Waals surface area contributed by atoms with Crippen LogP contribution in [0.2, 0.25) is 0 Å². The summed E-state index contributed by atoms with van der Waals surface area (Å²) in [5.74, 6) is 0.673. The van der Waals surface area contributed by atoms with Gasteiger partial charge in [0.15, 0.2) is 0 Å². The molecule has 0 N–H and O–H groups in total. The summed E-state index contributed by atoms with van der Waals surface area (Å²) in [4.78, 5) is 0. The maximum Gasteiger partial charge on any atom is 0.407 e. The molecule has 2 rings (SSSR count). The lowest BCUT2D eigenvalue weighted by molar-refractivity contribution is 0.178. The lowest BCUT2D eigenvalue weighted by Gasteiger charge is -2.32. The Hall–Kier alpha value is -1.42. The Labute approximate surface area is 186 Å². The van der Waals surface area contributed by atoms with Crippen molar-refractivity contribution < 1.29 is 8.85 Å². The second kappa shape index (κ2) is 14.6. The first-order chi connectivity index (χ1) is 14.7. The molecule has 2 aromatic rings. The Morgan fingerprint density at radius 1 is 0.667 bits per heavy atom. The van der Waals surface area contributed by atoms with Crippen LogP contribution in [0.1, 0.15) is 78.6 Å². The third-order valence-corrected chi connectivity index (χ3v) is 9.38. The second-order valence-corrected chi connectivity index (χ2v) is 11.4. The van der Waals surface area contributed by atoms with Gasteiger partial charge in [-0.15, -0.1) is 0 Å². The molecule has 2 aromatic carbocycles. The summed E-state index contributed by atoms with van der Waals surface area (Å²) in [6.07, 6.45) is 11.3. The zero-order chi connectivity index (χ0) is 21.5. The Kier molecular flexibility index (Phi) is 12.1. The average molecular weight is 427 g/mol. The van der Waals surface area contributed by atoms with E-state index in [0.717, 1.165) is 26.1 Å². The van der Waals surface area contributed by atoms with E-state index in [4.69, 9.17) is 8.85 Å². The number of hydrogen-bond donors (Lipinski definition) is 0. The van der Waals surface area contributed by atoms with E-state index in [0.29, 0.717) is 5.92 Å². The summed E-state index contributed by atoms with van der Waals surface area (Å²) in [6, 6.07) is 21.3. The monoisotopic (exact) mass is 426 g/mol. The fourth-order valence-electron chi connectivity index (χ4n) is 3.74. The molecule has 0 aliphatic rings. The molecule has 1 atom stereocenters. The highest BCUT2D eigenvalue weighted by Gasteiger charge is 2.42. The highest BCUT2D eigenvalue weighted by molar-refractivity contribution is 6.92. The maximum absolute atomic E-state index is 6.76. The summed E-state index contributed by atoms with van der Waals surface area (Å²) < 4.78 is 13.5. The van der Waals surface area contributed by atoms with Crippen molar-refractivity contribution in [2.75, 3.05) is 13.2 Å². The van der Waals surface area contributed by atoms with E-state index in [9.17, 15) is 0 Å². The van der Waals surface area contributed by atoms with E-state index < -0.39 is 8.56 Å². The van der Waals surface area contributed by atoms with Crippen molar-refractivity contribution in [3.05, 3.63) is 60.7 Å². The van der Waals surface area contributed by atoms with E-state index in [1.54, 1.807) is 0 Å². The molecular formula is C27H42O2Si. The van der Waals surface area contributed by atoms with Crippen molar-refractivity contribution in [3.8, 4) is 0 Å². The Bertz CT molecular complexity index is 620. The number of hydrogen-bond acceptors (Lipinski definition) is 2. The number of benzene rings is 2. The van der Waals surface area contributed by atoms with E-state index in [1.807, 2.05) is 0 Å². The van der Waals surface area contributed by atoms with Gasteiger partial charge in [0.25, 0.3) is 0 Å². The second-order valence-electron chi connectivity index (χ2n) is 8.47. The van der Waals surface area contributed by atoms with Crippen molar-refractivity contribution in [3.63, 3.8) is 0 Å². The van der Waals surface area contributed by atoms with E-state index >= 15 is 0 Å². The molecular weight excluding hydrogens is 384 g/mol. The van der Waals surface area contributed by atoms with Crippen LogP contribution >= 0.6 is 0 Å². The quantitative estimate of drug-likeness (QED) is 0.226. The van der Waals surface area contributed by atoms with Gasteiger partial charge in [-0.2, -0.15) is 0 Å². The molecule has 0 aliphatic carbocycles. The molecule has 30 heavy (non-hydrogen) atoms. The minimum atomic E-state index is -2.71. The number of unbranched alkanes of at least 4 members (excludes halogenated alkanes) is 6. The molecule has 0 saturated carbocycles. The van der Waals surface area contributed by atoms with Gasteiger partial charge in [0.1, 0.15) is 0 Å². The van der Waals surface area contributed by atoms with Gasteiger partial charge in [0, 0.05) is 13.2 Å². The van der Waals surface area contributed by atoms with Crippen LogP contribution in [0, 0.1) is 5.92 Å². The summed E-state index contributed by atoms with van der Waals surface area (Å²) in [5, 5.41) is 2.42. The van der Waals surface area contributed by atoms with Gasteiger partial charge >= 0.3 is 8.56 Å². The molecule has 1 unspecified atom stereocenters. The van der Waals surface area contributed by atoms with Crippen molar-refractivity contribution in [1.82, 2.24) is 0 Å². The molecule has 0 radical (unpaired) electrons. The summed E-state index contributed by atoms with van der Waals surface area (Å²) in [6.45, 7) is 8.35. The van der Waals surface area contributed by atoms with E-state index in [-0.39, 0.29) is 0 Å².